The van der Waals surface area contributed by atoms with Gasteiger partial charge in [0.05, 0.1) is 6.54 Å². The summed E-state index contributed by atoms with van der Waals surface area (Å²) in [6.07, 6.45) is 6.18. The Hall–Kier alpha value is -2.20. The van der Waals surface area contributed by atoms with Gasteiger partial charge in [0.2, 0.25) is 5.96 Å². The quantitative estimate of drug-likeness (QED) is 0.208. The molecule has 7 heteroatoms. The van der Waals surface area contributed by atoms with Gasteiger partial charge in [0.25, 0.3) is 0 Å². The third-order valence-electron chi connectivity index (χ3n) is 2.12. The van der Waals surface area contributed by atoms with Crippen LogP contribution in [-0.2, 0) is 6.54 Å². The van der Waals surface area contributed by atoms with Gasteiger partial charge >= 0.3 is 0 Å². The van der Waals surface area contributed by atoms with Gasteiger partial charge in [0, 0.05) is 26.0 Å². The van der Waals surface area contributed by atoms with E-state index in [0.29, 0.717) is 12.5 Å². The monoisotopic (exact) mass is 247 g/mol. The fraction of sp³-hybridized carbons (Fsp3) is 0.455. The molecule has 96 valence electrons. The van der Waals surface area contributed by atoms with Gasteiger partial charge in [-0.1, -0.05) is 0 Å². The third kappa shape index (κ3) is 5.77. The second-order valence-corrected chi connectivity index (χ2v) is 3.43. The molecule has 0 aliphatic heterocycles. The van der Waals surface area contributed by atoms with Crippen molar-refractivity contribution in [2.45, 2.75) is 13.0 Å². The normalized spacial score (nSPS) is 10.8. The van der Waals surface area contributed by atoms with Gasteiger partial charge in [0.15, 0.2) is 6.19 Å². The largest absolute Gasteiger partial charge is 0.356 e. The zero-order valence-electron chi connectivity index (χ0n) is 10.3. The summed E-state index contributed by atoms with van der Waals surface area (Å²) >= 11 is 0. The Bertz CT molecular complexity index is 396. The van der Waals surface area contributed by atoms with Crippen molar-refractivity contribution in [3.8, 4) is 6.19 Å². The van der Waals surface area contributed by atoms with Crippen LogP contribution in [0.15, 0.2) is 23.5 Å². The Kier molecular flexibility index (Phi) is 6.85. The second kappa shape index (κ2) is 8.90. The molecule has 1 rings (SSSR count). The number of hydrogen-bond donors (Lipinski definition) is 3. The zero-order chi connectivity index (χ0) is 13.1. The molecule has 0 aliphatic carbocycles. The molecule has 18 heavy (non-hydrogen) atoms. The molecule has 0 atom stereocenters. The molecule has 0 saturated heterocycles. The Balaban J connectivity index is 2.04. The third-order valence-corrected chi connectivity index (χ3v) is 2.12. The average molecular weight is 247 g/mol. The van der Waals surface area contributed by atoms with E-state index in [1.807, 2.05) is 6.19 Å². The summed E-state index contributed by atoms with van der Waals surface area (Å²) in [6, 6.07) is 1.79. The summed E-state index contributed by atoms with van der Waals surface area (Å²) in [6.45, 7) is 2.24. The standard InChI is InChI=1S/C11H17N7/c1-13-11(18-9-12)17-7-2-4-14-8-10-15-5-3-6-16-10/h3,5-6,14H,2,4,7-8H2,1H3,(H2,13,17,18). The van der Waals surface area contributed by atoms with Crippen molar-refractivity contribution >= 4 is 5.96 Å². The number of rotatable bonds is 6. The van der Waals surface area contributed by atoms with E-state index in [2.05, 4.69) is 30.9 Å². The molecule has 7 nitrogen and oxygen atoms in total. The van der Waals surface area contributed by atoms with Gasteiger partial charge in [0.1, 0.15) is 5.82 Å². The minimum atomic E-state index is 0.490. The highest BCUT2D eigenvalue weighted by Crippen LogP contribution is 1.86. The van der Waals surface area contributed by atoms with Crippen LogP contribution in [0.1, 0.15) is 12.2 Å². The Morgan fingerprint density at radius 3 is 2.83 bits per heavy atom. The highest BCUT2D eigenvalue weighted by molar-refractivity contribution is 5.80. The smallest absolute Gasteiger partial charge is 0.204 e. The maximum absolute atomic E-state index is 8.43. The van der Waals surface area contributed by atoms with Crippen LogP contribution in [-0.4, -0.2) is 36.1 Å². The number of hydrogen-bond acceptors (Lipinski definition) is 5. The van der Waals surface area contributed by atoms with Gasteiger partial charge < -0.3 is 10.6 Å². The van der Waals surface area contributed by atoms with Gasteiger partial charge in [-0.25, -0.2) is 9.97 Å². The molecule has 0 spiro atoms. The van der Waals surface area contributed by atoms with E-state index < -0.39 is 0 Å². The number of guanidine groups is 1. The minimum Gasteiger partial charge on any atom is -0.356 e. The second-order valence-electron chi connectivity index (χ2n) is 3.43. The molecule has 0 radical (unpaired) electrons. The van der Waals surface area contributed by atoms with E-state index in [-0.39, 0.29) is 0 Å². The molecule has 1 aromatic heterocycles. The summed E-state index contributed by atoms with van der Waals surface area (Å²) in [5.41, 5.74) is 0. The lowest BCUT2D eigenvalue weighted by atomic mass is 10.4. The average Bonchev–Trinajstić information content (AvgIpc) is 2.42. The van der Waals surface area contributed by atoms with E-state index in [0.717, 1.165) is 25.3 Å². The number of aromatic nitrogens is 2. The van der Waals surface area contributed by atoms with Crippen molar-refractivity contribution in [3.63, 3.8) is 0 Å². The lowest BCUT2D eigenvalue weighted by molar-refractivity contribution is 0.620. The lowest BCUT2D eigenvalue weighted by Gasteiger charge is -2.07. The van der Waals surface area contributed by atoms with Gasteiger partial charge in [-0.05, 0) is 19.0 Å². The van der Waals surface area contributed by atoms with Crippen molar-refractivity contribution < 1.29 is 0 Å². The van der Waals surface area contributed by atoms with Crippen LogP contribution in [0, 0.1) is 11.5 Å². The van der Waals surface area contributed by atoms with Crippen molar-refractivity contribution in [2.24, 2.45) is 4.99 Å². The molecule has 3 N–H and O–H groups in total. The molecule has 1 heterocycles. The van der Waals surface area contributed by atoms with Crippen LogP contribution in [0.25, 0.3) is 0 Å². The first-order chi connectivity index (χ1) is 8.86. The number of nitriles is 1. The van der Waals surface area contributed by atoms with Crippen molar-refractivity contribution in [2.75, 3.05) is 20.1 Å². The Morgan fingerprint density at radius 1 is 1.39 bits per heavy atom. The number of nitrogens with one attached hydrogen (secondary N) is 3. The topological polar surface area (TPSA) is 98.0 Å². The van der Waals surface area contributed by atoms with Crippen LogP contribution in [0.5, 0.6) is 0 Å². The number of nitrogens with zero attached hydrogens (tertiary/aromatic N) is 4. The number of aliphatic imine (C=N–C) groups is 1. The fourth-order valence-electron chi connectivity index (χ4n) is 1.27. The SMILES string of the molecule is CN=C(NC#N)NCCCNCc1ncccn1. The fourth-order valence-corrected chi connectivity index (χ4v) is 1.27. The molecule has 0 saturated carbocycles. The van der Waals surface area contributed by atoms with Crippen LogP contribution < -0.4 is 16.0 Å². The summed E-state index contributed by atoms with van der Waals surface area (Å²) in [5.74, 6) is 1.27. The molecule has 0 bridgehead atoms. The van der Waals surface area contributed by atoms with E-state index in [1.165, 1.54) is 0 Å². The van der Waals surface area contributed by atoms with E-state index in [1.54, 1.807) is 25.5 Å². The van der Waals surface area contributed by atoms with Crippen molar-refractivity contribution in [1.29, 1.82) is 5.26 Å². The molecule has 1 aromatic rings. The Morgan fingerprint density at radius 2 is 2.17 bits per heavy atom. The van der Waals surface area contributed by atoms with Crippen LogP contribution >= 0.6 is 0 Å². The summed E-state index contributed by atoms with van der Waals surface area (Å²) in [5, 5.41) is 17.1. The predicted octanol–water partition coefficient (Wildman–Crippen LogP) is -0.398. The first-order valence-corrected chi connectivity index (χ1v) is 5.69. The van der Waals surface area contributed by atoms with E-state index >= 15 is 0 Å². The molecule has 0 unspecified atom stereocenters. The minimum absolute atomic E-state index is 0.490. The first-order valence-electron chi connectivity index (χ1n) is 5.69. The molecule has 0 aliphatic rings. The van der Waals surface area contributed by atoms with E-state index in [4.69, 9.17) is 5.26 Å². The Labute approximate surface area is 106 Å². The summed E-state index contributed by atoms with van der Waals surface area (Å²) in [7, 11) is 1.62. The van der Waals surface area contributed by atoms with Gasteiger partial charge in [-0.2, -0.15) is 5.26 Å². The zero-order valence-corrected chi connectivity index (χ0v) is 10.3. The van der Waals surface area contributed by atoms with Crippen molar-refractivity contribution in [3.05, 3.63) is 24.3 Å². The van der Waals surface area contributed by atoms with Crippen molar-refractivity contribution in [1.82, 2.24) is 25.9 Å². The lowest BCUT2D eigenvalue weighted by Crippen LogP contribution is -2.35. The molecular formula is C11H17N7. The van der Waals surface area contributed by atoms with Crippen LogP contribution in [0.3, 0.4) is 0 Å². The molecular weight excluding hydrogens is 230 g/mol. The predicted molar refractivity (Wildman–Crippen MR) is 68.5 cm³/mol. The van der Waals surface area contributed by atoms with Gasteiger partial charge in [-0.3, -0.25) is 10.3 Å². The summed E-state index contributed by atoms with van der Waals surface area (Å²) < 4.78 is 0. The highest BCUT2D eigenvalue weighted by Gasteiger charge is 1.96. The summed E-state index contributed by atoms with van der Waals surface area (Å²) in [4.78, 5) is 12.1. The maximum Gasteiger partial charge on any atom is 0.204 e. The van der Waals surface area contributed by atoms with Gasteiger partial charge in [-0.15, -0.1) is 0 Å². The van der Waals surface area contributed by atoms with E-state index in [9.17, 15) is 0 Å². The van der Waals surface area contributed by atoms with Crippen LogP contribution in [0.4, 0.5) is 0 Å². The van der Waals surface area contributed by atoms with Crippen LogP contribution in [0.2, 0.25) is 0 Å². The molecule has 0 amide bonds. The molecule has 0 aromatic carbocycles. The highest BCUT2D eigenvalue weighted by atomic mass is 15.2. The maximum atomic E-state index is 8.43. The molecule has 0 fully saturated rings. The first kappa shape index (κ1) is 13.9.